The van der Waals surface area contributed by atoms with Crippen molar-refractivity contribution in [3.63, 3.8) is 0 Å². The van der Waals surface area contributed by atoms with Crippen LogP contribution in [0.15, 0.2) is 12.7 Å². The van der Waals surface area contributed by atoms with E-state index in [1.807, 2.05) is 20.8 Å². The van der Waals surface area contributed by atoms with Crippen LogP contribution < -0.4 is 16.0 Å². The van der Waals surface area contributed by atoms with Crippen molar-refractivity contribution in [2.45, 2.75) is 111 Å². The van der Waals surface area contributed by atoms with Crippen LogP contribution in [0.4, 0.5) is 4.79 Å². The van der Waals surface area contributed by atoms with Gasteiger partial charge in [0.25, 0.3) is 5.91 Å². The Balaban J connectivity index is 2.28. The van der Waals surface area contributed by atoms with Crippen LogP contribution in [0.2, 0.25) is 0 Å². The van der Waals surface area contributed by atoms with Gasteiger partial charge in [-0.1, -0.05) is 53.5 Å². The highest BCUT2D eigenvalue weighted by atomic mass is 16.6. The second-order valence-corrected chi connectivity index (χ2v) is 13.5. The molecule has 1 heterocycles. The van der Waals surface area contributed by atoms with Crippen LogP contribution in [0.1, 0.15) is 81.1 Å². The molecule has 0 aromatic carbocycles. The van der Waals surface area contributed by atoms with E-state index in [1.165, 1.54) is 6.08 Å². The SMILES string of the molecule is C=CCNC(=O)C(O)C(CC1CC1)NC(=O)[C@@H]1C[C@@H](C(C)C)CN1C(=O)[C@@H](NC(=O)OC(C)(C)C)C(C)(C)C. The van der Waals surface area contributed by atoms with Crippen LogP contribution in [0, 0.1) is 23.2 Å². The predicted octanol–water partition coefficient (Wildman–Crippen LogP) is 2.75. The van der Waals surface area contributed by atoms with E-state index >= 15 is 0 Å². The maximum absolute atomic E-state index is 14.0. The Morgan fingerprint density at radius 1 is 1.08 bits per heavy atom. The summed E-state index contributed by atoms with van der Waals surface area (Å²) in [4.78, 5) is 54.3. The van der Waals surface area contributed by atoms with Gasteiger partial charge in [-0.25, -0.2) is 4.79 Å². The monoisotopic (exact) mass is 550 g/mol. The lowest BCUT2D eigenvalue weighted by Crippen LogP contribution is -2.59. The molecule has 2 rings (SSSR count). The molecule has 10 heteroatoms. The van der Waals surface area contributed by atoms with Crippen molar-refractivity contribution in [3.05, 3.63) is 12.7 Å². The van der Waals surface area contributed by atoms with Crippen LogP contribution >= 0.6 is 0 Å². The van der Waals surface area contributed by atoms with Crippen molar-refractivity contribution >= 4 is 23.8 Å². The number of alkyl carbamates (subject to hydrolysis) is 1. The zero-order valence-electron chi connectivity index (χ0n) is 25.0. The van der Waals surface area contributed by atoms with Crippen LogP contribution in [-0.2, 0) is 19.1 Å². The largest absolute Gasteiger partial charge is 0.444 e. The number of nitrogens with zero attached hydrogens (tertiary/aromatic N) is 1. The molecule has 1 aliphatic heterocycles. The Kier molecular flexibility index (Phi) is 11.0. The van der Waals surface area contributed by atoms with Gasteiger partial charge in [0.1, 0.15) is 17.7 Å². The molecule has 4 amide bonds. The van der Waals surface area contributed by atoms with E-state index in [1.54, 1.807) is 25.7 Å². The molecule has 2 aliphatic rings. The fourth-order valence-corrected chi connectivity index (χ4v) is 4.80. The Labute approximate surface area is 233 Å². The number of amides is 4. The fraction of sp³-hybridized carbons (Fsp3) is 0.793. The van der Waals surface area contributed by atoms with Crippen molar-refractivity contribution in [2.75, 3.05) is 13.1 Å². The first-order chi connectivity index (χ1) is 17.9. The smallest absolute Gasteiger partial charge is 0.408 e. The second-order valence-electron chi connectivity index (χ2n) is 13.5. The number of hydrogen-bond acceptors (Lipinski definition) is 6. The summed E-state index contributed by atoms with van der Waals surface area (Å²) in [6.45, 7) is 19.0. The zero-order chi connectivity index (χ0) is 29.7. The normalized spacial score (nSPS) is 22.1. The number of nitrogens with one attached hydrogen (secondary N) is 3. The Morgan fingerprint density at radius 2 is 1.69 bits per heavy atom. The highest BCUT2D eigenvalue weighted by Crippen LogP contribution is 2.35. The van der Waals surface area contributed by atoms with E-state index in [0.717, 1.165) is 12.8 Å². The van der Waals surface area contributed by atoms with Crippen molar-refractivity contribution in [2.24, 2.45) is 23.2 Å². The summed E-state index contributed by atoms with van der Waals surface area (Å²) in [7, 11) is 0. The summed E-state index contributed by atoms with van der Waals surface area (Å²) in [6.07, 6.45) is 2.30. The summed E-state index contributed by atoms with van der Waals surface area (Å²) in [5.74, 6) is -0.700. The van der Waals surface area contributed by atoms with Gasteiger partial charge in [0, 0.05) is 13.1 Å². The average molecular weight is 551 g/mol. The first-order valence-electron chi connectivity index (χ1n) is 14.1. The lowest BCUT2D eigenvalue weighted by Gasteiger charge is -2.36. The molecule has 1 saturated heterocycles. The maximum atomic E-state index is 14.0. The quantitative estimate of drug-likeness (QED) is 0.292. The third-order valence-corrected chi connectivity index (χ3v) is 7.32. The Hall–Kier alpha value is -2.62. The van der Waals surface area contributed by atoms with Crippen molar-refractivity contribution in [1.82, 2.24) is 20.9 Å². The predicted molar refractivity (Wildman–Crippen MR) is 150 cm³/mol. The molecule has 2 unspecified atom stereocenters. The van der Waals surface area contributed by atoms with E-state index in [2.05, 4.69) is 36.4 Å². The standard InChI is InChI=1S/C29H50N4O6/c1-10-13-30-25(36)22(34)20(14-18-11-12-18)31-24(35)21-15-19(17(2)3)16-33(21)26(37)23(28(4,5)6)32-27(38)39-29(7,8)9/h10,17-23,34H,1,11-16H2,2-9H3,(H,30,36)(H,31,35)(H,32,38)/t19-,20?,21+,22?,23-/m1/s1. The van der Waals surface area contributed by atoms with E-state index in [0.29, 0.717) is 25.3 Å². The number of hydrogen-bond donors (Lipinski definition) is 4. The highest BCUT2D eigenvalue weighted by molar-refractivity contribution is 5.93. The first-order valence-corrected chi connectivity index (χ1v) is 14.1. The number of carbonyl (C=O) groups is 4. The maximum Gasteiger partial charge on any atom is 0.408 e. The molecule has 0 bridgehead atoms. The Morgan fingerprint density at radius 3 is 2.18 bits per heavy atom. The molecule has 5 atom stereocenters. The molecule has 1 aliphatic carbocycles. The number of ether oxygens (including phenoxy) is 1. The van der Waals surface area contributed by atoms with Crippen molar-refractivity contribution in [1.29, 1.82) is 0 Å². The minimum Gasteiger partial charge on any atom is -0.444 e. The highest BCUT2D eigenvalue weighted by Gasteiger charge is 2.46. The van der Waals surface area contributed by atoms with E-state index in [4.69, 9.17) is 4.74 Å². The molecule has 4 N–H and O–H groups in total. The van der Waals surface area contributed by atoms with Crippen LogP contribution in [-0.4, -0.2) is 76.7 Å². The fourth-order valence-electron chi connectivity index (χ4n) is 4.80. The molecule has 0 aromatic heterocycles. The van der Waals surface area contributed by atoms with Gasteiger partial charge >= 0.3 is 6.09 Å². The average Bonchev–Trinajstić information content (AvgIpc) is 3.50. The van der Waals surface area contributed by atoms with Crippen LogP contribution in [0.5, 0.6) is 0 Å². The van der Waals surface area contributed by atoms with Gasteiger partial charge in [-0.3, -0.25) is 14.4 Å². The second kappa shape index (κ2) is 13.2. The molecule has 2 fully saturated rings. The van der Waals surface area contributed by atoms with E-state index in [-0.39, 0.29) is 24.3 Å². The van der Waals surface area contributed by atoms with Gasteiger partial charge in [0.2, 0.25) is 11.8 Å². The van der Waals surface area contributed by atoms with Gasteiger partial charge in [0.15, 0.2) is 6.10 Å². The van der Waals surface area contributed by atoms with Gasteiger partial charge in [-0.05, 0) is 56.8 Å². The Bertz CT molecular complexity index is 902. The van der Waals surface area contributed by atoms with Crippen molar-refractivity contribution in [3.8, 4) is 0 Å². The summed E-state index contributed by atoms with van der Waals surface area (Å²) in [5, 5.41) is 19.0. The molecular formula is C29H50N4O6. The lowest BCUT2D eigenvalue weighted by molar-refractivity contribution is -0.143. The summed E-state index contributed by atoms with van der Waals surface area (Å²) >= 11 is 0. The molecule has 39 heavy (non-hydrogen) atoms. The molecule has 222 valence electrons. The minimum atomic E-state index is -1.42. The summed E-state index contributed by atoms with van der Waals surface area (Å²) in [6, 6.07) is -2.49. The minimum absolute atomic E-state index is 0.0783. The summed E-state index contributed by atoms with van der Waals surface area (Å²) in [5.41, 5.74) is -1.39. The van der Waals surface area contributed by atoms with Crippen molar-refractivity contribution < 1.29 is 29.0 Å². The van der Waals surface area contributed by atoms with Gasteiger partial charge in [-0.15, -0.1) is 6.58 Å². The molecule has 1 saturated carbocycles. The van der Waals surface area contributed by atoms with E-state index < -0.39 is 53.2 Å². The zero-order valence-corrected chi connectivity index (χ0v) is 25.0. The number of aliphatic hydroxyl groups is 1. The lowest BCUT2D eigenvalue weighted by atomic mass is 9.85. The number of likely N-dealkylation sites (tertiary alicyclic amines) is 1. The van der Waals surface area contributed by atoms with E-state index in [9.17, 15) is 24.3 Å². The third-order valence-electron chi connectivity index (χ3n) is 7.32. The third kappa shape index (κ3) is 9.81. The van der Waals surface area contributed by atoms with Crippen LogP contribution in [0.3, 0.4) is 0 Å². The molecule has 0 spiro atoms. The van der Waals surface area contributed by atoms with Crippen LogP contribution in [0.25, 0.3) is 0 Å². The number of aliphatic hydroxyl groups excluding tert-OH is 1. The van der Waals surface area contributed by atoms with Gasteiger partial charge < -0.3 is 30.7 Å². The first kappa shape index (κ1) is 32.6. The summed E-state index contributed by atoms with van der Waals surface area (Å²) < 4.78 is 5.41. The molecular weight excluding hydrogens is 500 g/mol. The van der Waals surface area contributed by atoms with Gasteiger partial charge in [0.05, 0.1) is 6.04 Å². The topological polar surface area (TPSA) is 137 Å². The number of carbonyl (C=O) groups excluding carboxylic acids is 4. The number of rotatable bonds is 11. The molecule has 10 nitrogen and oxygen atoms in total. The molecule has 0 aromatic rings. The molecule has 0 radical (unpaired) electrons. The van der Waals surface area contributed by atoms with Gasteiger partial charge in [-0.2, -0.15) is 0 Å².